The average molecular weight is 357 g/mol. The molecular weight excluding hydrogens is 335 g/mol. The maximum Gasteiger partial charge on any atom is 0.309 e. The lowest BCUT2D eigenvalue weighted by Crippen LogP contribution is -2.22. The van der Waals surface area contributed by atoms with E-state index in [0.717, 1.165) is 24.8 Å². The second-order valence-electron chi connectivity index (χ2n) is 6.51. The SMILES string of the molecule is O=C(OC1CCCCC1)C1CC1COCc1c(Cl)cccc1Cl. The molecule has 2 aliphatic carbocycles. The molecule has 5 heteroatoms. The zero-order valence-corrected chi connectivity index (χ0v) is 14.6. The van der Waals surface area contributed by atoms with Gasteiger partial charge in [-0.1, -0.05) is 35.7 Å². The van der Waals surface area contributed by atoms with E-state index < -0.39 is 0 Å². The third-order valence-corrected chi connectivity index (χ3v) is 5.41. The summed E-state index contributed by atoms with van der Waals surface area (Å²) in [6.07, 6.45) is 6.65. The van der Waals surface area contributed by atoms with Gasteiger partial charge in [-0.25, -0.2) is 0 Å². The summed E-state index contributed by atoms with van der Waals surface area (Å²) < 4.78 is 11.3. The Morgan fingerprint density at radius 3 is 2.52 bits per heavy atom. The van der Waals surface area contributed by atoms with Gasteiger partial charge in [-0.2, -0.15) is 0 Å². The molecule has 2 unspecified atom stereocenters. The van der Waals surface area contributed by atoms with Gasteiger partial charge in [0.05, 0.1) is 19.1 Å². The first-order chi connectivity index (χ1) is 11.1. The van der Waals surface area contributed by atoms with Gasteiger partial charge in [0.25, 0.3) is 0 Å². The summed E-state index contributed by atoms with van der Waals surface area (Å²) in [6.45, 7) is 0.922. The second kappa shape index (κ2) is 7.87. The van der Waals surface area contributed by atoms with E-state index in [9.17, 15) is 4.79 Å². The molecule has 2 saturated carbocycles. The largest absolute Gasteiger partial charge is 0.462 e. The maximum atomic E-state index is 12.1. The van der Waals surface area contributed by atoms with Crippen molar-refractivity contribution in [3.8, 4) is 0 Å². The Hall–Kier alpha value is -0.770. The fraction of sp³-hybridized carbons (Fsp3) is 0.611. The zero-order chi connectivity index (χ0) is 16.2. The molecule has 2 fully saturated rings. The zero-order valence-electron chi connectivity index (χ0n) is 13.1. The lowest BCUT2D eigenvalue weighted by molar-refractivity contribution is -0.152. The molecule has 0 bridgehead atoms. The lowest BCUT2D eigenvalue weighted by atomic mass is 9.98. The topological polar surface area (TPSA) is 35.5 Å². The number of carbonyl (C=O) groups is 1. The van der Waals surface area contributed by atoms with Gasteiger partial charge in [0.2, 0.25) is 0 Å². The Morgan fingerprint density at radius 1 is 1.13 bits per heavy atom. The summed E-state index contributed by atoms with van der Waals surface area (Å²) in [5.74, 6) is 0.243. The normalized spacial score (nSPS) is 24.4. The van der Waals surface area contributed by atoms with Crippen LogP contribution in [0.15, 0.2) is 18.2 Å². The summed E-state index contributed by atoms with van der Waals surface area (Å²) >= 11 is 12.2. The number of hydrogen-bond donors (Lipinski definition) is 0. The monoisotopic (exact) mass is 356 g/mol. The first-order valence-corrected chi connectivity index (χ1v) is 9.12. The lowest BCUT2D eigenvalue weighted by Gasteiger charge is -2.21. The van der Waals surface area contributed by atoms with E-state index in [4.69, 9.17) is 32.7 Å². The van der Waals surface area contributed by atoms with Crippen LogP contribution >= 0.6 is 23.2 Å². The Balaban J connectivity index is 1.38. The molecule has 0 heterocycles. The maximum absolute atomic E-state index is 12.1. The number of rotatable bonds is 6. The summed E-state index contributed by atoms with van der Waals surface area (Å²) in [4.78, 5) is 12.1. The smallest absolute Gasteiger partial charge is 0.309 e. The molecule has 0 aliphatic heterocycles. The van der Waals surface area contributed by atoms with Crippen LogP contribution in [0.1, 0.15) is 44.1 Å². The minimum atomic E-state index is -0.0405. The van der Waals surface area contributed by atoms with Gasteiger partial charge < -0.3 is 9.47 Å². The number of carbonyl (C=O) groups excluding carboxylic acids is 1. The van der Waals surface area contributed by atoms with Crippen LogP contribution in [0.3, 0.4) is 0 Å². The number of benzene rings is 1. The minimum Gasteiger partial charge on any atom is -0.462 e. The van der Waals surface area contributed by atoms with Crippen molar-refractivity contribution < 1.29 is 14.3 Å². The summed E-state index contributed by atoms with van der Waals surface area (Å²) in [7, 11) is 0. The van der Waals surface area contributed by atoms with Crippen molar-refractivity contribution in [3.05, 3.63) is 33.8 Å². The standard InChI is InChI=1S/C18H22Cl2O3/c19-16-7-4-8-17(20)15(16)11-22-10-12-9-14(12)18(21)23-13-5-2-1-3-6-13/h4,7-8,12-14H,1-3,5-6,9-11H2. The van der Waals surface area contributed by atoms with Gasteiger partial charge in [0.1, 0.15) is 6.10 Å². The van der Waals surface area contributed by atoms with Crippen molar-refractivity contribution in [3.63, 3.8) is 0 Å². The van der Waals surface area contributed by atoms with Gasteiger partial charge in [0.15, 0.2) is 0 Å². The number of halogens is 2. The highest BCUT2D eigenvalue weighted by Gasteiger charge is 2.45. The quantitative estimate of drug-likeness (QED) is 0.671. The Labute approximate surface area is 147 Å². The molecule has 1 aromatic rings. The van der Waals surface area contributed by atoms with Crippen LogP contribution in [-0.2, 0) is 20.9 Å². The fourth-order valence-corrected chi connectivity index (χ4v) is 3.64. The van der Waals surface area contributed by atoms with Crippen LogP contribution in [-0.4, -0.2) is 18.7 Å². The summed E-state index contributed by atoms with van der Waals surface area (Å²) in [5.41, 5.74) is 0.804. The van der Waals surface area contributed by atoms with Crippen LogP contribution in [0.4, 0.5) is 0 Å². The van der Waals surface area contributed by atoms with Crippen LogP contribution < -0.4 is 0 Å². The molecule has 0 saturated heterocycles. The van der Waals surface area contributed by atoms with Crippen LogP contribution in [0.2, 0.25) is 10.0 Å². The van der Waals surface area contributed by atoms with E-state index in [1.807, 2.05) is 6.07 Å². The molecule has 3 rings (SSSR count). The molecule has 0 aromatic heterocycles. The number of ether oxygens (including phenoxy) is 2. The molecule has 0 N–H and O–H groups in total. The third-order valence-electron chi connectivity index (χ3n) is 4.70. The van der Waals surface area contributed by atoms with Crippen molar-refractivity contribution >= 4 is 29.2 Å². The third kappa shape index (κ3) is 4.62. The van der Waals surface area contributed by atoms with Gasteiger partial charge in [-0.05, 0) is 50.2 Å². The predicted molar refractivity (Wildman–Crippen MR) is 90.7 cm³/mol. The van der Waals surface area contributed by atoms with Crippen LogP contribution in [0.5, 0.6) is 0 Å². The second-order valence-corrected chi connectivity index (χ2v) is 7.33. The van der Waals surface area contributed by atoms with E-state index in [1.54, 1.807) is 12.1 Å². The van der Waals surface area contributed by atoms with Crippen molar-refractivity contribution in [1.29, 1.82) is 0 Å². The highest BCUT2D eigenvalue weighted by molar-refractivity contribution is 6.35. The molecule has 0 amide bonds. The van der Waals surface area contributed by atoms with Crippen molar-refractivity contribution in [1.82, 2.24) is 0 Å². The van der Waals surface area contributed by atoms with E-state index in [-0.39, 0.29) is 23.9 Å². The molecule has 126 valence electrons. The van der Waals surface area contributed by atoms with Crippen LogP contribution in [0, 0.1) is 11.8 Å². The molecule has 0 spiro atoms. The number of hydrogen-bond acceptors (Lipinski definition) is 3. The molecule has 3 nitrogen and oxygen atoms in total. The fourth-order valence-electron chi connectivity index (χ4n) is 3.14. The molecule has 2 aliphatic rings. The Morgan fingerprint density at radius 2 is 1.83 bits per heavy atom. The highest BCUT2D eigenvalue weighted by atomic mass is 35.5. The van der Waals surface area contributed by atoms with Gasteiger partial charge >= 0.3 is 5.97 Å². The van der Waals surface area contributed by atoms with E-state index in [1.165, 1.54) is 19.3 Å². The predicted octanol–water partition coefficient (Wildman–Crippen LogP) is 5.02. The van der Waals surface area contributed by atoms with E-state index in [2.05, 4.69) is 0 Å². The summed E-state index contributed by atoms with van der Waals surface area (Å²) in [6, 6.07) is 5.41. The van der Waals surface area contributed by atoms with E-state index >= 15 is 0 Å². The summed E-state index contributed by atoms with van der Waals surface area (Å²) in [5, 5.41) is 1.23. The first kappa shape index (κ1) is 17.1. The Kier molecular flexibility index (Phi) is 5.84. The van der Waals surface area contributed by atoms with Gasteiger partial charge in [-0.15, -0.1) is 0 Å². The molecule has 1 aromatic carbocycles. The molecule has 2 atom stereocenters. The van der Waals surface area contributed by atoms with Crippen LogP contribution in [0.25, 0.3) is 0 Å². The first-order valence-electron chi connectivity index (χ1n) is 8.36. The van der Waals surface area contributed by atoms with Gasteiger partial charge in [0, 0.05) is 15.6 Å². The van der Waals surface area contributed by atoms with Gasteiger partial charge in [-0.3, -0.25) is 4.79 Å². The highest BCUT2D eigenvalue weighted by Crippen LogP contribution is 2.40. The Bertz CT molecular complexity index is 535. The van der Waals surface area contributed by atoms with E-state index in [0.29, 0.717) is 23.3 Å². The van der Waals surface area contributed by atoms with Crippen molar-refractivity contribution in [2.45, 2.75) is 51.2 Å². The average Bonchev–Trinajstić information content (AvgIpc) is 3.31. The molecular formula is C18H22Cl2O3. The minimum absolute atomic E-state index is 0.0126. The molecule has 0 radical (unpaired) electrons. The van der Waals surface area contributed by atoms with Crippen molar-refractivity contribution in [2.75, 3.05) is 6.61 Å². The molecule has 23 heavy (non-hydrogen) atoms. The number of esters is 1. The van der Waals surface area contributed by atoms with Crippen molar-refractivity contribution in [2.24, 2.45) is 11.8 Å².